The van der Waals surface area contributed by atoms with Gasteiger partial charge in [-0.15, -0.1) is 0 Å². The number of carbonyl (C=O) groups is 1. The van der Waals surface area contributed by atoms with Gasteiger partial charge in [-0.05, 0) is 31.5 Å². The Morgan fingerprint density at radius 2 is 2.31 bits per heavy atom. The number of carboxylic acids is 1. The lowest BCUT2D eigenvalue weighted by Gasteiger charge is -2.14. The third kappa shape index (κ3) is 4.06. The smallest absolute Gasteiger partial charge is 0.303 e. The highest BCUT2D eigenvalue weighted by molar-refractivity contribution is 6.30. The highest BCUT2D eigenvalue weighted by Crippen LogP contribution is 2.20. The maximum atomic E-state index is 13.3. The van der Waals surface area contributed by atoms with Gasteiger partial charge in [0, 0.05) is 17.5 Å². The van der Waals surface area contributed by atoms with Crippen LogP contribution in [0.2, 0.25) is 5.02 Å². The summed E-state index contributed by atoms with van der Waals surface area (Å²) < 4.78 is 13.3. The van der Waals surface area contributed by atoms with E-state index in [2.05, 4.69) is 5.32 Å². The molecule has 0 amide bonds. The van der Waals surface area contributed by atoms with E-state index in [4.69, 9.17) is 16.7 Å². The van der Waals surface area contributed by atoms with Gasteiger partial charge in [-0.25, -0.2) is 4.39 Å². The highest BCUT2D eigenvalue weighted by Gasteiger charge is 2.08. The van der Waals surface area contributed by atoms with Crippen LogP contribution in [0.4, 0.5) is 10.1 Å². The summed E-state index contributed by atoms with van der Waals surface area (Å²) in [6, 6.07) is 4.23. The van der Waals surface area contributed by atoms with E-state index < -0.39 is 11.8 Å². The SMILES string of the molecule is CC(CCC(=O)O)Nc1ccc(Cl)cc1F. The van der Waals surface area contributed by atoms with Crippen LogP contribution >= 0.6 is 11.6 Å². The molecule has 16 heavy (non-hydrogen) atoms. The average Bonchev–Trinajstić information content (AvgIpc) is 2.19. The molecule has 1 aromatic rings. The highest BCUT2D eigenvalue weighted by atomic mass is 35.5. The lowest BCUT2D eigenvalue weighted by molar-refractivity contribution is -0.137. The van der Waals surface area contributed by atoms with E-state index in [0.29, 0.717) is 17.1 Å². The fourth-order valence-electron chi connectivity index (χ4n) is 1.28. The molecular formula is C11H13ClFNO2. The number of hydrogen-bond donors (Lipinski definition) is 2. The minimum absolute atomic E-state index is 0.0589. The quantitative estimate of drug-likeness (QED) is 0.838. The van der Waals surface area contributed by atoms with Gasteiger partial charge in [0.05, 0.1) is 5.69 Å². The van der Waals surface area contributed by atoms with E-state index in [1.807, 2.05) is 0 Å². The van der Waals surface area contributed by atoms with Gasteiger partial charge in [-0.1, -0.05) is 11.6 Å². The van der Waals surface area contributed by atoms with Gasteiger partial charge in [0.1, 0.15) is 5.82 Å². The molecule has 0 fully saturated rings. The van der Waals surface area contributed by atoms with E-state index in [-0.39, 0.29) is 12.5 Å². The first-order chi connectivity index (χ1) is 7.49. The summed E-state index contributed by atoms with van der Waals surface area (Å²) in [4.78, 5) is 10.3. The van der Waals surface area contributed by atoms with Gasteiger partial charge < -0.3 is 10.4 Å². The van der Waals surface area contributed by atoms with Crippen LogP contribution in [0.1, 0.15) is 19.8 Å². The summed E-state index contributed by atoms with van der Waals surface area (Å²) in [5, 5.41) is 11.7. The van der Waals surface area contributed by atoms with Crippen molar-refractivity contribution in [1.82, 2.24) is 0 Å². The van der Waals surface area contributed by atoms with Gasteiger partial charge in [0.25, 0.3) is 0 Å². The minimum Gasteiger partial charge on any atom is -0.481 e. The van der Waals surface area contributed by atoms with Crippen molar-refractivity contribution in [1.29, 1.82) is 0 Å². The van der Waals surface area contributed by atoms with Crippen molar-refractivity contribution in [2.75, 3.05) is 5.32 Å². The van der Waals surface area contributed by atoms with Gasteiger partial charge in [0.15, 0.2) is 0 Å². The topological polar surface area (TPSA) is 49.3 Å². The van der Waals surface area contributed by atoms with Gasteiger partial charge >= 0.3 is 5.97 Å². The Balaban J connectivity index is 2.55. The molecule has 0 saturated carbocycles. The van der Waals surface area contributed by atoms with Gasteiger partial charge in [0.2, 0.25) is 0 Å². The van der Waals surface area contributed by atoms with Crippen molar-refractivity contribution in [3.05, 3.63) is 29.0 Å². The zero-order valence-electron chi connectivity index (χ0n) is 8.84. The number of halogens is 2. The monoisotopic (exact) mass is 245 g/mol. The van der Waals surface area contributed by atoms with Crippen molar-refractivity contribution >= 4 is 23.3 Å². The Morgan fingerprint density at radius 3 is 2.88 bits per heavy atom. The zero-order chi connectivity index (χ0) is 12.1. The van der Waals surface area contributed by atoms with Gasteiger partial charge in [-0.2, -0.15) is 0 Å². The van der Waals surface area contributed by atoms with Crippen molar-refractivity contribution in [2.24, 2.45) is 0 Å². The number of hydrogen-bond acceptors (Lipinski definition) is 2. The third-order valence-corrected chi connectivity index (χ3v) is 2.36. The third-order valence-electron chi connectivity index (χ3n) is 2.12. The summed E-state index contributed by atoms with van der Waals surface area (Å²) in [5.74, 6) is -1.29. The number of aliphatic carboxylic acids is 1. The first-order valence-corrected chi connectivity index (χ1v) is 5.30. The van der Waals surface area contributed by atoms with E-state index in [0.717, 1.165) is 0 Å². The molecule has 0 heterocycles. The molecular weight excluding hydrogens is 233 g/mol. The van der Waals surface area contributed by atoms with Crippen molar-refractivity contribution in [3.63, 3.8) is 0 Å². The second-order valence-electron chi connectivity index (χ2n) is 3.60. The second kappa shape index (κ2) is 5.70. The molecule has 0 radical (unpaired) electrons. The van der Waals surface area contributed by atoms with Crippen molar-refractivity contribution in [3.8, 4) is 0 Å². The van der Waals surface area contributed by atoms with E-state index in [9.17, 15) is 9.18 Å². The summed E-state index contributed by atoms with van der Waals surface area (Å²) >= 11 is 5.61. The van der Waals surface area contributed by atoms with E-state index >= 15 is 0 Å². The number of rotatable bonds is 5. The number of carboxylic acid groups (broad SMARTS) is 1. The fraction of sp³-hybridized carbons (Fsp3) is 0.364. The lowest BCUT2D eigenvalue weighted by atomic mass is 10.1. The lowest BCUT2D eigenvalue weighted by Crippen LogP contribution is -2.17. The molecule has 1 atom stereocenters. The molecule has 2 N–H and O–H groups in total. The van der Waals surface area contributed by atoms with Crippen molar-refractivity contribution < 1.29 is 14.3 Å². The van der Waals surface area contributed by atoms with E-state index in [1.54, 1.807) is 13.0 Å². The molecule has 0 aliphatic rings. The Morgan fingerprint density at radius 1 is 1.62 bits per heavy atom. The Hall–Kier alpha value is -1.29. The van der Waals surface area contributed by atoms with Crippen molar-refractivity contribution in [2.45, 2.75) is 25.8 Å². The Labute approximate surface area is 98.2 Å². The predicted octanol–water partition coefficient (Wildman–Crippen LogP) is 3.14. The molecule has 3 nitrogen and oxygen atoms in total. The van der Waals surface area contributed by atoms with Crippen LogP contribution in [0.3, 0.4) is 0 Å². The standard InChI is InChI=1S/C11H13ClFNO2/c1-7(2-5-11(15)16)14-10-4-3-8(12)6-9(10)13/h3-4,6-7,14H,2,5H2,1H3,(H,15,16). The molecule has 5 heteroatoms. The summed E-state index contributed by atoms with van der Waals surface area (Å²) in [6.45, 7) is 1.80. The molecule has 0 aromatic heterocycles. The number of nitrogens with one attached hydrogen (secondary N) is 1. The average molecular weight is 246 g/mol. The molecule has 0 aliphatic carbocycles. The molecule has 0 bridgehead atoms. The van der Waals surface area contributed by atoms with Crippen LogP contribution in [-0.2, 0) is 4.79 Å². The molecule has 1 rings (SSSR count). The Kier molecular flexibility index (Phi) is 4.55. The molecule has 88 valence electrons. The first kappa shape index (κ1) is 12.8. The normalized spacial score (nSPS) is 12.2. The van der Waals surface area contributed by atoms with Crippen LogP contribution in [0.5, 0.6) is 0 Å². The van der Waals surface area contributed by atoms with Crippen LogP contribution in [0.25, 0.3) is 0 Å². The molecule has 0 spiro atoms. The zero-order valence-corrected chi connectivity index (χ0v) is 9.59. The van der Waals surface area contributed by atoms with Crippen LogP contribution in [0.15, 0.2) is 18.2 Å². The number of anilines is 1. The van der Waals surface area contributed by atoms with E-state index in [1.165, 1.54) is 12.1 Å². The van der Waals surface area contributed by atoms with Crippen LogP contribution < -0.4 is 5.32 Å². The maximum absolute atomic E-state index is 13.3. The summed E-state index contributed by atoms with van der Waals surface area (Å²) in [6.07, 6.45) is 0.501. The second-order valence-corrected chi connectivity index (χ2v) is 4.04. The fourth-order valence-corrected chi connectivity index (χ4v) is 1.44. The number of benzene rings is 1. The Bertz CT molecular complexity index is 384. The molecule has 1 unspecified atom stereocenters. The maximum Gasteiger partial charge on any atom is 0.303 e. The molecule has 0 saturated heterocycles. The molecule has 0 aliphatic heterocycles. The molecule has 1 aromatic carbocycles. The summed E-state index contributed by atoms with van der Waals surface area (Å²) in [5.41, 5.74) is 0.335. The summed E-state index contributed by atoms with van der Waals surface area (Å²) in [7, 11) is 0. The predicted molar refractivity (Wildman–Crippen MR) is 61.4 cm³/mol. The largest absolute Gasteiger partial charge is 0.481 e. The first-order valence-electron chi connectivity index (χ1n) is 4.92. The van der Waals surface area contributed by atoms with Crippen LogP contribution in [0, 0.1) is 5.82 Å². The van der Waals surface area contributed by atoms with Gasteiger partial charge in [-0.3, -0.25) is 4.79 Å². The minimum atomic E-state index is -0.856. The van der Waals surface area contributed by atoms with Crippen LogP contribution in [-0.4, -0.2) is 17.1 Å².